The molecule has 3 heterocycles. The molecule has 0 radical (unpaired) electrons. The van der Waals surface area contributed by atoms with Gasteiger partial charge < -0.3 is 10.2 Å². The molecule has 1 unspecified atom stereocenters. The van der Waals surface area contributed by atoms with E-state index < -0.39 is 11.7 Å². The molecule has 0 bridgehead atoms. The highest BCUT2D eigenvalue weighted by atomic mass is 35.5. The number of anilines is 2. The fraction of sp³-hybridized carbons (Fsp3) is 0.400. The van der Waals surface area contributed by atoms with Crippen molar-refractivity contribution in [3.8, 4) is 0 Å². The molecule has 1 saturated heterocycles. The standard InChI is InChI=1S/C15H15ClF3N5/c1-9-4-13(22-8-21-9)23-11-2-3-24(7-11)14-12(16)5-10(6-20-14)15(17,18)19/h4-6,8,11H,2-3,7H2,1H3,(H,21,22,23). The van der Waals surface area contributed by atoms with Crippen molar-refractivity contribution >= 4 is 23.2 Å². The molecule has 9 heteroatoms. The lowest BCUT2D eigenvalue weighted by atomic mass is 10.2. The van der Waals surface area contributed by atoms with Gasteiger partial charge in [-0.3, -0.25) is 0 Å². The van der Waals surface area contributed by atoms with E-state index in [0.29, 0.717) is 18.9 Å². The fourth-order valence-corrected chi connectivity index (χ4v) is 2.92. The van der Waals surface area contributed by atoms with Crippen molar-refractivity contribution in [2.45, 2.75) is 25.6 Å². The van der Waals surface area contributed by atoms with Gasteiger partial charge in [-0.15, -0.1) is 0 Å². The summed E-state index contributed by atoms with van der Waals surface area (Å²) in [6, 6.07) is 2.87. The van der Waals surface area contributed by atoms with Gasteiger partial charge in [0.05, 0.1) is 10.6 Å². The van der Waals surface area contributed by atoms with Crippen LogP contribution in [-0.2, 0) is 6.18 Å². The van der Waals surface area contributed by atoms with E-state index in [1.807, 2.05) is 17.9 Å². The molecule has 3 rings (SSSR count). The molecule has 0 spiro atoms. The van der Waals surface area contributed by atoms with Crippen molar-refractivity contribution in [1.82, 2.24) is 15.0 Å². The van der Waals surface area contributed by atoms with Crippen LogP contribution in [0.1, 0.15) is 17.7 Å². The van der Waals surface area contributed by atoms with Gasteiger partial charge in [-0.2, -0.15) is 13.2 Å². The van der Waals surface area contributed by atoms with E-state index in [9.17, 15) is 13.2 Å². The van der Waals surface area contributed by atoms with E-state index in [0.717, 1.165) is 30.2 Å². The van der Waals surface area contributed by atoms with Crippen LogP contribution in [0.3, 0.4) is 0 Å². The Hall–Kier alpha value is -2.09. The van der Waals surface area contributed by atoms with E-state index in [2.05, 4.69) is 20.3 Å². The maximum absolute atomic E-state index is 12.7. The predicted octanol–water partition coefficient (Wildman–Crippen LogP) is 3.54. The Labute approximate surface area is 141 Å². The average Bonchev–Trinajstić information content (AvgIpc) is 2.94. The highest BCUT2D eigenvalue weighted by molar-refractivity contribution is 6.33. The van der Waals surface area contributed by atoms with Gasteiger partial charge in [-0.05, 0) is 19.4 Å². The van der Waals surface area contributed by atoms with Crippen molar-refractivity contribution in [1.29, 1.82) is 0 Å². The molecule has 0 saturated carbocycles. The van der Waals surface area contributed by atoms with Crippen molar-refractivity contribution in [3.05, 3.63) is 40.9 Å². The number of alkyl halides is 3. The molecule has 5 nitrogen and oxygen atoms in total. The number of pyridine rings is 1. The lowest BCUT2D eigenvalue weighted by Gasteiger charge is -2.20. The van der Waals surface area contributed by atoms with Gasteiger partial charge in [0.1, 0.15) is 18.0 Å². The van der Waals surface area contributed by atoms with Crippen LogP contribution in [0.2, 0.25) is 5.02 Å². The van der Waals surface area contributed by atoms with Crippen molar-refractivity contribution in [3.63, 3.8) is 0 Å². The highest BCUT2D eigenvalue weighted by Gasteiger charge is 2.33. The molecular formula is C15H15ClF3N5. The zero-order chi connectivity index (χ0) is 17.3. The van der Waals surface area contributed by atoms with Gasteiger partial charge in [-0.1, -0.05) is 11.6 Å². The van der Waals surface area contributed by atoms with Crippen LogP contribution in [0.4, 0.5) is 24.8 Å². The van der Waals surface area contributed by atoms with E-state index >= 15 is 0 Å². The topological polar surface area (TPSA) is 53.9 Å². The van der Waals surface area contributed by atoms with E-state index in [-0.39, 0.29) is 11.1 Å². The van der Waals surface area contributed by atoms with Crippen LogP contribution in [0.15, 0.2) is 24.7 Å². The van der Waals surface area contributed by atoms with Crippen LogP contribution < -0.4 is 10.2 Å². The van der Waals surface area contributed by atoms with Crippen LogP contribution >= 0.6 is 11.6 Å². The third-order valence-electron chi connectivity index (χ3n) is 3.79. The second-order valence-corrected chi connectivity index (χ2v) is 6.05. The summed E-state index contributed by atoms with van der Waals surface area (Å²) >= 11 is 6.00. The summed E-state index contributed by atoms with van der Waals surface area (Å²) in [6.07, 6.45) is -1.34. The zero-order valence-corrected chi connectivity index (χ0v) is 13.6. The maximum Gasteiger partial charge on any atom is 0.417 e. The first kappa shape index (κ1) is 16.8. The number of nitrogens with zero attached hydrogens (tertiary/aromatic N) is 4. The SMILES string of the molecule is Cc1cc(NC2CCN(c3ncc(C(F)(F)F)cc3Cl)C2)ncn1. The van der Waals surface area contributed by atoms with Crippen LogP contribution in [0.25, 0.3) is 0 Å². The van der Waals surface area contributed by atoms with Gasteiger partial charge in [0.25, 0.3) is 0 Å². The molecule has 1 N–H and O–H groups in total. The number of halogens is 4. The fourth-order valence-electron chi connectivity index (χ4n) is 2.63. The largest absolute Gasteiger partial charge is 0.417 e. The first-order valence-corrected chi connectivity index (χ1v) is 7.73. The highest BCUT2D eigenvalue weighted by Crippen LogP contribution is 2.34. The Morgan fingerprint density at radius 1 is 1.25 bits per heavy atom. The summed E-state index contributed by atoms with van der Waals surface area (Å²) in [4.78, 5) is 14.0. The summed E-state index contributed by atoms with van der Waals surface area (Å²) in [5, 5.41) is 3.30. The normalized spacial score (nSPS) is 18.0. The van der Waals surface area contributed by atoms with Crippen LogP contribution in [-0.4, -0.2) is 34.1 Å². The number of hydrogen-bond acceptors (Lipinski definition) is 5. The maximum atomic E-state index is 12.7. The van der Waals surface area contributed by atoms with Crippen molar-refractivity contribution < 1.29 is 13.2 Å². The summed E-state index contributed by atoms with van der Waals surface area (Å²) in [5.41, 5.74) is 0.0105. The second kappa shape index (κ2) is 6.43. The molecule has 1 atom stereocenters. The van der Waals surface area contributed by atoms with Crippen LogP contribution in [0.5, 0.6) is 0 Å². The van der Waals surface area contributed by atoms with Gasteiger partial charge in [0.15, 0.2) is 0 Å². The minimum Gasteiger partial charge on any atom is -0.365 e. The number of aromatic nitrogens is 3. The molecule has 0 aliphatic carbocycles. The second-order valence-electron chi connectivity index (χ2n) is 5.65. The lowest BCUT2D eigenvalue weighted by Crippen LogP contribution is -2.27. The summed E-state index contributed by atoms with van der Waals surface area (Å²) in [5.74, 6) is 1.09. The number of aryl methyl sites for hydroxylation is 1. The third kappa shape index (κ3) is 3.69. The van der Waals surface area contributed by atoms with Gasteiger partial charge in [-0.25, -0.2) is 15.0 Å². The van der Waals surface area contributed by atoms with Crippen molar-refractivity contribution in [2.75, 3.05) is 23.3 Å². The van der Waals surface area contributed by atoms with Crippen molar-refractivity contribution in [2.24, 2.45) is 0 Å². The molecule has 24 heavy (non-hydrogen) atoms. The summed E-state index contributed by atoms with van der Waals surface area (Å²) < 4.78 is 38.0. The molecule has 1 aliphatic rings. The van der Waals surface area contributed by atoms with Gasteiger partial charge in [0, 0.05) is 37.1 Å². The first-order chi connectivity index (χ1) is 11.3. The molecule has 2 aromatic rings. The Morgan fingerprint density at radius 2 is 2.04 bits per heavy atom. The number of rotatable bonds is 3. The molecule has 1 aliphatic heterocycles. The summed E-state index contributed by atoms with van der Waals surface area (Å²) in [7, 11) is 0. The molecule has 1 fully saturated rings. The van der Waals surface area contributed by atoms with E-state index in [1.165, 1.54) is 6.33 Å². The monoisotopic (exact) mass is 357 g/mol. The quantitative estimate of drug-likeness (QED) is 0.910. The van der Waals surface area contributed by atoms with Gasteiger partial charge >= 0.3 is 6.18 Å². The third-order valence-corrected chi connectivity index (χ3v) is 4.07. The average molecular weight is 358 g/mol. The Kier molecular flexibility index (Phi) is 4.49. The Morgan fingerprint density at radius 3 is 2.71 bits per heavy atom. The minimum absolute atomic E-state index is 0.00311. The Balaban J connectivity index is 1.69. The van der Waals surface area contributed by atoms with Gasteiger partial charge in [0.2, 0.25) is 0 Å². The zero-order valence-electron chi connectivity index (χ0n) is 12.8. The van der Waals surface area contributed by atoms with E-state index in [4.69, 9.17) is 11.6 Å². The lowest BCUT2D eigenvalue weighted by molar-refractivity contribution is -0.137. The molecular weight excluding hydrogens is 343 g/mol. The van der Waals surface area contributed by atoms with E-state index in [1.54, 1.807) is 0 Å². The number of hydrogen-bond donors (Lipinski definition) is 1. The molecule has 2 aromatic heterocycles. The molecule has 0 aromatic carbocycles. The predicted molar refractivity (Wildman–Crippen MR) is 85.3 cm³/mol. The minimum atomic E-state index is -4.45. The Bertz CT molecular complexity index is 737. The summed E-state index contributed by atoms with van der Waals surface area (Å²) in [6.45, 7) is 3.11. The first-order valence-electron chi connectivity index (χ1n) is 7.36. The number of nitrogens with one attached hydrogen (secondary N) is 1. The molecule has 0 amide bonds. The smallest absolute Gasteiger partial charge is 0.365 e. The molecule has 128 valence electrons. The van der Waals surface area contributed by atoms with Crippen LogP contribution in [0, 0.1) is 6.92 Å².